The van der Waals surface area contributed by atoms with Gasteiger partial charge in [-0.2, -0.15) is 6.54 Å². The molecule has 2 amide bonds. The van der Waals surface area contributed by atoms with Crippen molar-refractivity contribution in [1.82, 2.24) is 0 Å². The zero-order valence-corrected chi connectivity index (χ0v) is 11.9. The molecule has 0 rings (SSSR count). The average Bonchev–Trinajstić information content (AvgIpc) is 2.38. The van der Waals surface area contributed by atoms with Crippen molar-refractivity contribution >= 4 is 30.4 Å². The minimum absolute atomic E-state index is 0.0626. The molecule has 0 aromatic rings. The number of hydrogen-bond acceptors (Lipinski definition) is 5. The number of nitrogens with zero attached hydrogens (tertiary/aromatic N) is 3. The van der Waals surface area contributed by atoms with Gasteiger partial charge in [-0.3, -0.25) is 4.79 Å². The van der Waals surface area contributed by atoms with Gasteiger partial charge in [0, 0.05) is 11.8 Å². The van der Waals surface area contributed by atoms with Crippen molar-refractivity contribution in [3.05, 3.63) is 16.0 Å². The molecule has 0 saturated heterocycles. The Morgan fingerprint density at radius 1 is 1.00 bits per heavy atom. The predicted molar refractivity (Wildman–Crippen MR) is 60.1 cm³/mol. The number of carbonyl (C=O) groups is 3. The van der Waals surface area contributed by atoms with Crippen LogP contribution in [0.3, 0.4) is 0 Å². The van der Waals surface area contributed by atoms with Crippen LogP contribution in [0.4, 0.5) is 0 Å². The Kier molecular flexibility index (Phi) is 15.4. The molecule has 8 nitrogen and oxygen atoms in total. The quantitative estimate of drug-likeness (QED) is 0.466. The molecule has 0 saturated carbocycles. The van der Waals surface area contributed by atoms with Gasteiger partial charge in [0.15, 0.2) is 0 Å². The number of aliphatic carboxylic acids is 1. The zero-order valence-electron chi connectivity index (χ0n) is 9.24. The van der Waals surface area contributed by atoms with Crippen molar-refractivity contribution < 1.29 is 41.8 Å². The summed E-state index contributed by atoms with van der Waals surface area (Å²) in [4.78, 5) is 31.5. The van der Waals surface area contributed by atoms with E-state index < -0.39 is 18.4 Å². The van der Waals surface area contributed by atoms with Crippen LogP contribution in [-0.2, 0) is 49.4 Å². The monoisotopic (exact) mass is 360 g/mol. The minimum atomic E-state index is -1.17. The summed E-state index contributed by atoms with van der Waals surface area (Å²) in [5.74, 6) is -2.21. The average molecular weight is 360 g/mol. The van der Waals surface area contributed by atoms with Crippen LogP contribution in [0, 0.1) is 0 Å². The summed E-state index contributed by atoms with van der Waals surface area (Å²) in [6.07, 6.45) is 0. The summed E-state index contributed by atoms with van der Waals surface area (Å²) in [7, 11) is 0. The van der Waals surface area contributed by atoms with E-state index in [-0.39, 0.29) is 31.3 Å². The standard InChI is InChI=1S/C8H14N3O4S.O.Tc/c12-6(11-4-8(14)15)3-9-1-2-10-7(13)5-16;;/h1-5H2,(H4,10,11,12,13,14,15,16);;/q-1;;+4/p-3/i;;1+1. The van der Waals surface area contributed by atoms with E-state index in [1.165, 1.54) is 0 Å². The molecule has 0 aromatic heterocycles. The molecule has 10 heteroatoms. The topological polar surface area (TPSA) is 131 Å². The summed E-state index contributed by atoms with van der Waals surface area (Å²) in [5, 5.41) is 18.7. The third kappa shape index (κ3) is 15.2. The molecule has 0 atom stereocenters. The van der Waals surface area contributed by atoms with Crippen LogP contribution >= 0.6 is 0 Å². The third-order valence-electron chi connectivity index (χ3n) is 1.31. The molecular weight excluding hydrogens is 349 g/mol. The van der Waals surface area contributed by atoms with Crippen molar-refractivity contribution in [3.63, 3.8) is 0 Å². The van der Waals surface area contributed by atoms with Crippen LogP contribution in [-0.4, -0.2) is 54.8 Å². The molecule has 0 unspecified atom stereocenters. The molecule has 0 aliphatic rings. The molecular formula is C8H11N3O5STc. The summed E-state index contributed by atoms with van der Waals surface area (Å²) < 4.78 is 8.22. The first-order valence-electron chi connectivity index (χ1n) is 4.55. The SMILES string of the molecule is O=C(O)C[N-]C(=O)C[N-]CC[N-]C(=O)C[S-].[O]=[99Tc+4]. The Balaban J connectivity index is 0. The normalized spacial score (nSPS) is 8.83. The van der Waals surface area contributed by atoms with E-state index in [4.69, 9.17) is 8.61 Å². The number of carbonyl (C=O) groups excluding carboxylic acids is 2. The van der Waals surface area contributed by atoms with E-state index in [1.807, 2.05) is 0 Å². The van der Waals surface area contributed by atoms with Gasteiger partial charge >= 0.3 is 22.4 Å². The van der Waals surface area contributed by atoms with Crippen molar-refractivity contribution in [3.8, 4) is 0 Å². The van der Waals surface area contributed by atoms with E-state index in [0.717, 1.165) is 18.9 Å². The third-order valence-corrected chi connectivity index (χ3v) is 1.55. The molecule has 18 heavy (non-hydrogen) atoms. The second kappa shape index (κ2) is 14.2. The first kappa shape index (κ1) is 19.5. The van der Waals surface area contributed by atoms with Crippen molar-refractivity contribution in [2.45, 2.75) is 0 Å². The van der Waals surface area contributed by atoms with Gasteiger partial charge in [-0.1, -0.05) is 0 Å². The molecule has 0 heterocycles. The maximum atomic E-state index is 10.9. The van der Waals surface area contributed by atoms with Crippen LogP contribution in [0.15, 0.2) is 0 Å². The fourth-order valence-electron chi connectivity index (χ4n) is 0.672. The summed E-state index contributed by atoms with van der Waals surface area (Å²) in [6, 6.07) is 0. The molecule has 0 radical (unpaired) electrons. The molecule has 1 N–H and O–H groups in total. The maximum absolute atomic E-state index is 10.9. The Hall–Kier alpha value is -0.831. The Bertz CT molecular complexity index is 279. The summed E-state index contributed by atoms with van der Waals surface area (Å²) >= 11 is 5.35. The number of carboxylic acid groups (broad SMARTS) is 1. The number of rotatable bonds is 8. The van der Waals surface area contributed by atoms with Crippen LogP contribution in [0.1, 0.15) is 0 Å². The fourth-order valence-corrected chi connectivity index (χ4v) is 0.763. The second-order valence-corrected chi connectivity index (χ2v) is 2.92. The fraction of sp³-hybridized carbons (Fsp3) is 0.625. The number of hydrogen-bond donors (Lipinski definition) is 1. The Morgan fingerprint density at radius 3 is 2.11 bits per heavy atom. The van der Waals surface area contributed by atoms with E-state index in [0.29, 0.717) is 0 Å². The van der Waals surface area contributed by atoms with Crippen LogP contribution in [0.5, 0.6) is 0 Å². The van der Waals surface area contributed by atoms with Crippen LogP contribution < -0.4 is 0 Å². The van der Waals surface area contributed by atoms with E-state index in [1.54, 1.807) is 0 Å². The van der Waals surface area contributed by atoms with Gasteiger partial charge in [0.05, 0.1) is 0 Å². The van der Waals surface area contributed by atoms with Gasteiger partial charge in [-0.15, -0.1) is 18.8 Å². The number of amides is 2. The van der Waals surface area contributed by atoms with Gasteiger partial charge < -0.3 is 43.3 Å². The zero-order chi connectivity index (χ0) is 14.4. The van der Waals surface area contributed by atoms with Crippen molar-refractivity contribution in [2.24, 2.45) is 0 Å². The van der Waals surface area contributed by atoms with Crippen LogP contribution in [0.2, 0.25) is 0 Å². The summed E-state index contributed by atoms with van der Waals surface area (Å²) in [6.45, 7) is -0.338. The van der Waals surface area contributed by atoms with E-state index in [2.05, 4.69) is 28.6 Å². The Morgan fingerprint density at radius 2 is 1.61 bits per heavy atom. The molecule has 0 aliphatic carbocycles. The molecule has 0 spiro atoms. The van der Waals surface area contributed by atoms with Crippen molar-refractivity contribution in [2.75, 3.05) is 31.9 Å². The molecule has 0 fully saturated rings. The van der Waals surface area contributed by atoms with E-state index >= 15 is 0 Å². The summed E-state index contributed by atoms with van der Waals surface area (Å²) in [5.41, 5.74) is 0. The van der Waals surface area contributed by atoms with Gasteiger partial charge in [0.25, 0.3) is 5.97 Å². The first-order chi connectivity index (χ1) is 8.56. The first-order valence-corrected chi connectivity index (χ1v) is 5.89. The van der Waals surface area contributed by atoms with Gasteiger partial charge in [-0.05, 0) is 6.54 Å². The second-order valence-electron chi connectivity index (χ2n) is 2.63. The molecule has 0 aromatic carbocycles. The van der Waals surface area contributed by atoms with Crippen LogP contribution in [0.25, 0.3) is 16.0 Å². The predicted octanol–water partition coefficient (Wildman–Crippen LogP) is -0.329. The molecule has 0 bridgehead atoms. The van der Waals surface area contributed by atoms with Gasteiger partial charge in [-0.25, -0.2) is 0 Å². The molecule has 0 aliphatic heterocycles. The molecule has 101 valence electrons. The van der Waals surface area contributed by atoms with Gasteiger partial charge in [0.2, 0.25) is 0 Å². The van der Waals surface area contributed by atoms with Crippen molar-refractivity contribution in [1.29, 1.82) is 0 Å². The Labute approximate surface area is 120 Å². The van der Waals surface area contributed by atoms with E-state index in [9.17, 15) is 14.4 Å². The van der Waals surface area contributed by atoms with Gasteiger partial charge in [0.1, 0.15) is 0 Å². The number of carboxylic acids is 1.